The minimum Gasteiger partial charge on any atom is -0.268 e. The Morgan fingerprint density at radius 1 is 0.727 bits per heavy atom. The molecule has 0 atom stereocenters. The van der Waals surface area contributed by atoms with E-state index in [0.29, 0.717) is 11.3 Å². The van der Waals surface area contributed by atoms with Crippen molar-refractivity contribution in [1.82, 2.24) is 0 Å². The lowest BCUT2D eigenvalue weighted by molar-refractivity contribution is 0.101. The second-order valence-corrected chi connectivity index (χ2v) is 9.64. The summed E-state index contributed by atoms with van der Waals surface area (Å²) in [5.41, 5.74) is 4.58. The third kappa shape index (κ3) is 4.73. The Morgan fingerprint density at radius 3 is 1.88 bits per heavy atom. The van der Waals surface area contributed by atoms with Crippen LogP contribution < -0.4 is 4.31 Å². The molecule has 0 aromatic heterocycles. The molecule has 0 saturated carbocycles. The highest BCUT2D eigenvalue weighted by atomic mass is 32.2. The van der Waals surface area contributed by atoms with E-state index in [4.69, 9.17) is 0 Å². The molecular weight excluding hydrogens is 430 g/mol. The van der Waals surface area contributed by atoms with Crippen LogP contribution in [0.3, 0.4) is 0 Å². The summed E-state index contributed by atoms with van der Waals surface area (Å²) in [7, 11) is -4.12. The summed E-state index contributed by atoms with van der Waals surface area (Å²) in [5.74, 6) is -0.598. The molecule has 4 aromatic carbocycles. The number of benzene rings is 4. The zero-order chi connectivity index (χ0) is 23.4. The van der Waals surface area contributed by atoms with E-state index < -0.39 is 15.9 Å². The van der Waals surface area contributed by atoms with Crippen LogP contribution in [0.25, 0.3) is 11.1 Å². The molecule has 0 saturated heterocycles. The van der Waals surface area contributed by atoms with E-state index in [2.05, 4.69) is 0 Å². The van der Waals surface area contributed by atoms with Gasteiger partial charge in [-0.1, -0.05) is 79.2 Å². The SMILES string of the molecule is CCc1ccc(N(C(=O)c2ccc(-c3ccccc3)cc2)S(=O)(=O)c2ccc(C)cc2)cc1. The van der Waals surface area contributed by atoms with Gasteiger partial charge in [0.2, 0.25) is 0 Å². The van der Waals surface area contributed by atoms with Crippen LogP contribution in [-0.4, -0.2) is 14.3 Å². The molecule has 0 aliphatic carbocycles. The Morgan fingerprint density at radius 2 is 1.30 bits per heavy atom. The van der Waals surface area contributed by atoms with Crippen LogP contribution in [0.4, 0.5) is 5.69 Å². The van der Waals surface area contributed by atoms with E-state index in [9.17, 15) is 13.2 Å². The van der Waals surface area contributed by atoms with Crippen LogP contribution in [0.1, 0.15) is 28.4 Å². The number of rotatable bonds is 6. The van der Waals surface area contributed by atoms with E-state index in [1.165, 1.54) is 12.1 Å². The van der Waals surface area contributed by atoms with Gasteiger partial charge in [-0.25, -0.2) is 8.42 Å². The fraction of sp³-hybridized carbons (Fsp3) is 0.107. The van der Waals surface area contributed by atoms with E-state index in [0.717, 1.165) is 33.0 Å². The Kier molecular flexibility index (Phi) is 6.43. The maximum absolute atomic E-state index is 13.6. The number of carbonyl (C=O) groups excluding carboxylic acids is 1. The van der Waals surface area contributed by atoms with Gasteiger partial charge in [0.25, 0.3) is 15.9 Å². The Hall–Kier alpha value is -3.70. The first-order valence-electron chi connectivity index (χ1n) is 10.8. The van der Waals surface area contributed by atoms with Gasteiger partial charge < -0.3 is 0 Å². The van der Waals surface area contributed by atoms with E-state index in [1.54, 1.807) is 36.4 Å². The van der Waals surface area contributed by atoms with Crippen molar-refractivity contribution in [1.29, 1.82) is 0 Å². The van der Waals surface area contributed by atoms with Crippen LogP contribution in [0.15, 0.2) is 108 Å². The van der Waals surface area contributed by atoms with Crippen molar-refractivity contribution in [2.75, 3.05) is 4.31 Å². The first-order valence-corrected chi connectivity index (χ1v) is 12.2. The average molecular weight is 456 g/mol. The van der Waals surface area contributed by atoms with Gasteiger partial charge >= 0.3 is 0 Å². The van der Waals surface area contributed by atoms with Crippen molar-refractivity contribution in [3.05, 3.63) is 120 Å². The zero-order valence-corrected chi connectivity index (χ0v) is 19.4. The molecule has 0 unspecified atom stereocenters. The molecule has 4 nitrogen and oxygen atoms in total. The van der Waals surface area contributed by atoms with Crippen molar-refractivity contribution >= 4 is 21.6 Å². The largest absolute Gasteiger partial charge is 0.272 e. The van der Waals surface area contributed by atoms with Crippen LogP contribution >= 0.6 is 0 Å². The van der Waals surface area contributed by atoms with E-state index in [-0.39, 0.29) is 4.90 Å². The normalized spacial score (nSPS) is 11.2. The maximum Gasteiger partial charge on any atom is 0.272 e. The fourth-order valence-electron chi connectivity index (χ4n) is 3.60. The van der Waals surface area contributed by atoms with Crippen LogP contribution in [0, 0.1) is 6.92 Å². The minimum absolute atomic E-state index is 0.0712. The van der Waals surface area contributed by atoms with Crippen LogP contribution in [-0.2, 0) is 16.4 Å². The monoisotopic (exact) mass is 455 g/mol. The van der Waals surface area contributed by atoms with Gasteiger partial charge in [0.15, 0.2) is 0 Å². The molecule has 0 N–H and O–H groups in total. The Bertz CT molecular complexity index is 1340. The number of nitrogens with zero attached hydrogens (tertiary/aromatic N) is 1. The molecule has 0 aliphatic heterocycles. The Labute approximate surface area is 195 Å². The van der Waals surface area contributed by atoms with Gasteiger partial charge in [0, 0.05) is 5.56 Å². The molecular formula is C28H25NO3S. The summed E-state index contributed by atoms with van der Waals surface area (Å²) in [6.45, 7) is 3.91. The third-order valence-electron chi connectivity index (χ3n) is 5.56. The van der Waals surface area contributed by atoms with Gasteiger partial charge in [0.1, 0.15) is 0 Å². The molecule has 0 spiro atoms. The average Bonchev–Trinajstić information content (AvgIpc) is 2.85. The highest BCUT2D eigenvalue weighted by molar-refractivity contribution is 7.93. The predicted molar refractivity (Wildman–Crippen MR) is 133 cm³/mol. The second kappa shape index (κ2) is 9.43. The number of hydrogen-bond acceptors (Lipinski definition) is 3. The fourth-order valence-corrected chi connectivity index (χ4v) is 5.01. The van der Waals surface area contributed by atoms with Crippen molar-refractivity contribution in [2.45, 2.75) is 25.2 Å². The third-order valence-corrected chi connectivity index (χ3v) is 7.29. The summed E-state index contributed by atoms with van der Waals surface area (Å²) in [6.07, 6.45) is 0.819. The molecule has 1 amide bonds. The van der Waals surface area contributed by atoms with Crippen molar-refractivity contribution in [3.63, 3.8) is 0 Å². The number of amides is 1. The second-order valence-electron chi connectivity index (χ2n) is 7.85. The maximum atomic E-state index is 13.6. The van der Waals surface area contributed by atoms with Gasteiger partial charge in [-0.2, -0.15) is 4.31 Å². The van der Waals surface area contributed by atoms with Crippen molar-refractivity contribution in [2.24, 2.45) is 0 Å². The van der Waals surface area contributed by atoms with Gasteiger partial charge in [-0.05, 0) is 66.4 Å². The summed E-state index contributed by atoms with van der Waals surface area (Å²) < 4.78 is 28.1. The molecule has 5 heteroatoms. The van der Waals surface area contributed by atoms with E-state index >= 15 is 0 Å². The molecule has 166 valence electrons. The highest BCUT2D eigenvalue weighted by Crippen LogP contribution is 2.28. The van der Waals surface area contributed by atoms with Crippen molar-refractivity contribution < 1.29 is 13.2 Å². The standard InChI is InChI=1S/C28H25NO3S/c1-3-22-11-17-26(18-12-22)29(33(31,32)27-19-9-21(2)10-20-27)28(30)25-15-13-24(14-16-25)23-7-5-4-6-8-23/h4-20H,3H2,1-2H3. The lowest BCUT2D eigenvalue weighted by Gasteiger charge is -2.23. The topological polar surface area (TPSA) is 54.5 Å². The molecule has 0 aliphatic rings. The number of aryl methyl sites for hydroxylation is 2. The van der Waals surface area contributed by atoms with Crippen molar-refractivity contribution in [3.8, 4) is 11.1 Å². The number of anilines is 1. The number of hydrogen-bond donors (Lipinski definition) is 0. The molecule has 0 heterocycles. The minimum atomic E-state index is -4.12. The van der Waals surface area contributed by atoms with Crippen LogP contribution in [0.5, 0.6) is 0 Å². The molecule has 33 heavy (non-hydrogen) atoms. The first-order chi connectivity index (χ1) is 15.9. The van der Waals surface area contributed by atoms with Crippen LogP contribution in [0.2, 0.25) is 0 Å². The molecule has 4 rings (SSSR count). The lowest BCUT2D eigenvalue weighted by atomic mass is 10.0. The molecule has 4 aromatic rings. The molecule has 0 fully saturated rings. The Balaban J connectivity index is 1.77. The summed E-state index contributed by atoms with van der Waals surface area (Å²) in [6, 6.07) is 30.4. The number of carbonyl (C=O) groups is 1. The quantitative estimate of drug-likeness (QED) is 0.345. The summed E-state index contributed by atoms with van der Waals surface area (Å²) in [4.78, 5) is 13.7. The molecule has 0 bridgehead atoms. The predicted octanol–water partition coefficient (Wildman–Crippen LogP) is 6.26. The van der Waals surface area contributed by atoms with Gasteiger partial charge in [0.05, 0.1) is 10.6 Å². The van der Waals surface area contributed by atoms with E-state index in [1.807, 2.05) is 68.4 Å². The van der Waals surface area contributed by atoms with Gasteiger partial charge in [-0.3, -0.25) is 4.79 Å². The number of sulfonamides is 1. The van der Waals surface area contributed by atoms with Gasteiger partial charge in [-0.15, -0.1) is 0 Å². The highest BCUT2D eigenvalue weighted by Gasteiger charge is 2.31. The lowest BCUT2D eigenvalue weighted by Crippen LogP contribution is -2.37. The summed E-state index contributed by atoms with van der Waals surface area (Å²) >= 11 is 0. The summed E-state index contributed by atoms with van der Waals surface area (Å²) in [5, 5.41) is 0. The molecule has 0 radical (unpaired) electrons. The smallest absolute Gasteiger partial charge is 0.268 e. The first kappa shape index (κ1) is 22.5. The zero-order valence-electron chi connectivity index (χ0n) is 18.6.